The van der Waals surface area contributed by atoms with Crippen molar-refractivity contribution in [2.24, 2.45) is 0 Å². The van der Waals surface area contributed by atoms with Gasteiger partial charge in [0.25, 0.3) is 0 Å². The molecule has 1 fully saturated rings. The quantitative estimate of drug-likeness (QED) is 0.520. The summed E-state index contributed by atoms with van der Waals surface area (Å²) >= 11 is 19.7. The van der Waals surface area contributed by atoms with Crippen molar-refractivity contribution in [3.63, 3.8) is 0 Å². The molecule has 0 aliphatic carbocycles. The van der Waals surface area contributed by atoms with Gasteiger partial charge in [-0.2, -0.15) is 0 Å². The van der Waals surface area contributed by atoms with Crippen LogP contribution in [0.15, 0.2) is 47.8 Å². The van der Waals surface area contributed by atoms with Crippen LogP contribution in [0.2, 0.25) is 15.1 Å². The van der Waals surface area contributed by atoms with Crippen LogP contribution in [0.3, 0.4) is 0 Å². The van der Waals surface area contributed by atoms with Gasteiger partial charge in [0.15, 0.2) is 5.13 Å². The molecule has 9 heteroatoms. The summed E-state index contributed by atoms with van der Waals surface area (Å²) in [4.78, 5) is 21.5. The van der Waals surface area contributed by atoms with Crippen molar-refractivity contribution >= 4 is 62.9 Å². The number of hydrogen-bond donors (Lipinski definition) is 1. The number of anilines is 2. The highest BCUT2D eigenvalue weighted by molar-refractivity contribution is 7.14. The number of carbonyl (C=O) groups excluding carboxylic acids is 1. The number of amides is 1. The third-order valence-corrected chi connectivity index (χ3v) is 6.56. The highest BCUT2D eigenvalue weighted by atomic mass is 35.5. The molecule has 0 atom stereocenters. The van der Waals surface area contributed by atoms with E-state index in [1.54, 1.807) is 29.5 Å². The average molecular weight is 482 g/mol. The van der Waals surface area contributed by atoms with Gasteiger partial charge in [-0.1, -0.05) is 46.9 Å². The first-order valence-electron chi connectivity index (χ1n) is 9.41. The zero-order chi connectivity index (χ0) is 21.1. The Bertz CT molecular complexity index is 1030. The molecule has 0 unspecified atom stereocenters. The number of thiazole rings is 1. The van der Waals surface area contributed by atoms with Crippen molar-refractivity contribution in [2.45, 2.75) is 0 Å². The van der Waals surface area contributed by atoms with Crippen LogP contribution in [-0.4, -0.2) is 48.5 Å². The Morgan fingerprint density at radius 3 is 2.43 bits per heavy atom. The van der Waals surface area contributed by atoms with E-state index in [4.69, 9.17) is 39.8 Å². The van der Waals surface area contributed by atoms with E-state index in [2.05, 4.69) is 20.5 Å². The summed E-state index contributed by atoms with van der Waals surface area (Å²) in [5, 5.41) is 7.61. The Hall–Kier alpha value is -1.83. The van der Waals surface area contributed by atoms with Crippen molar-refractivity contribution in [3.8, 4) is 11.3 Å². The molecule has 3 aromatic rings. The largest absolute Gasteiger partial charge is 0.346 e. The average Bonchev–Trinajstić information content (AvgIpc) is 3.22. The maximum absolute atomic E-state index is 12.4. The van der Waals surface area contributed by atoms with Gasteiger partial charge in [0.05, 0.1) is 22.9 Å². The monoisotopic (exact) mass is 480 g/mol. The van der Waals surface area contributed by atoms with Crippen LogP contribution >= 0.6 is 46.1 Å². The fourth-order valence-corrected chi connectivity index (χ4v) is 4.60. The van der Waals surface area contributed by atoms with Crippen LogP contribution < -0.4 is 10.2 Å². The third kappa shape index (κ3) is 5.25. The van der Waals surface area contributed by atoms with E-state index in [9.17, 15) is 4.79 Å². The Balaban J connectivity index is 1.30. The predicted octanol–water partition coefficient (Wildman–Crippen LogP) is 5.53. The molecule has 2 aromatic carbocycles. The molecule has 0 bridgehead atoms. The minimum atomic E-state index is -0.105. The molecule has 1 aromatic heterocycles. The van der Waals surface area contributed by atoms with Crippen molar-refractivity contribution < 1.29 is 4.79 Å². The van der Waals surface area contributed by atoms with Crippen LogP contribution in [0.5, 0.6) is 0 Å². The van der Waals surface area contributed by atoms with Crippen LogP contribution in [0.25, 0.3) is 11.3 Å². The minimum absolute atomic E-state index is 0.105. The van der Waals surface area contributed by atoms with Gasteiger partial charge in [0.2, 0.25) is 5.91 Å². The summed E-state index contributed by atoms with van der Waals surface area (Å²) in [5.74, 6) is -0.105. The van der Waals surface area contributed by atoms with E-state index in [1.807, 2.05) is 24.3 Å². The first-order chi connectivity index (χ1) is 14.5. The number of halogens is 3. The smallest absolute Gasteiger partial charge is 0.238 e. The fourth-order valence-electron chi connectivity index (χ4n) is 3.25. The van der Waals surface area contributed by atoms with Gasteiger partial charge in [0.1, 0.15) is 0 Å². The lowest BCUT2D eigenvalue weighted by Crippen LogP contribution is -2.48. The number of benzene rings is 2. The summed E-state index contributed by atoms with van der Waals surface area (Å²) in [6, 6.07) is 12.7. The second kappa shape index (κ2) is 9.54. The van der Waals surface area contributed by atoms with E-state index >= 15 is 0 Å². The van der Waals surface area contributed by atoms with E-state index in [-0.39, 0.29) is 5.91 Å². The molecule has 156 valence electrons. The second-order valence-corrected chi connectivity index (χ2v) is 9.07. The molecule has 1 amide bonds. The zero-order valence-corrected chi connectivity index (χ0v) is 19.0. The Kier molecular flexibility index (Phi) is 6.80. The predicted molar refractivity (Wildman–Crippen MR) is 126 cm³/mol. The SMILES string of the molecule is O=C(CN1CCN(c2nc(-c3ccc(Cl)cc3)cs2)CC1)Nc1cc(Cl)ccc1Cl. The Morgan fingerprint density at radius 1 is 1.00 bits per heavy atom. The van der Waals surface area contributed by atoms with E-state index in [1.165, 1.54) is 0 Å². The molecule has 5 nitrogen and oxygen atoms in total. The first kappa shape index (κ1) is 21.4. The zero-order valence-electron chi connectivity index (χ0n) is 15.9. The van der Waals surface area contributed by atoms with Crippen molar-refractivity contribution in [3.05, 3.63) is 62.9 Å². The van der Waals surface area contributed by atoms with E-state index in [0.29, 0.717) is 27.3 Å². The number of aromatic nitrogens is 1. The number of piperazine rings is 1. The molecule has 0 radical (unpaired) electrons. The molecule has 4 rings (SSSR count). The van der Waals surface area contributed by atoms with Crippen LogP contribution in [0, 0.1) is 0 Å². The highest BCUT2D eigenvalue weighted by Crippen LogP contribution is 2.29. The Morgan fingerprint density at radius 2 is 1.70 bits per heavy atom. The number of nitrogens with one attached hydrogen (secondary N) is 1. The molecule has 0 spiro atoms. The molecule has 1 aliphatic rings. The molecule has 0 saturated carbocycles. The summed E-state index contributed by atoms with van der Waals surface area (Å²) in [6.07, 6.45) is 0. The first-order valence-corrected chi connectivity index (χ1v) is 11.4. The Labute approximate surface area is 194 Å². The maximum Gasteiger partial charge on any atom is 0.238 e. The van der Waals surface area contributed by atoms with Crippen LogP contribution in [-0.2, 0) is 4.79 Å². The van der Waals surface area contributed by atoms with Gasteiger partial charge in [-0.25, -0.2) is 4.98 Å². The molecular weight excluding hydrogens is 463 g/mol. The molecule has 1 saturated heterocycles. The second-order valence-electron chi connectivity index (χ2n) is 6.96. The van der Waals surface area contributed by atoms with Gasteiger partial charge in [0, 0.05) is 47.2 Å². The molecule has 30 heavy (non-hydrogen) atoms. The third-order valence-electron chi connectivity index (χ3n) is 4.84. The normalized spacial score (nSPS) is 14.7. The topological polar surface area (TPSA) is 48.5 Å². The van der Waals surface area contributed by atoms with E-state index < -0.39 is 0 Å². The van der Waals surface area contributed by atoms with E-state index in [0.717, 1.165) is 42.6 Å². The van der Waals surface area contributed by atoms with Gasteiger partial charge in [-0.3, -0.25) is 9.69 Å². The number of nitrogens with zero attached hydrogens (tertiary/aromatic N) is 3. The molecular formula is C21H19Cl3N4OS. The van der Waals surface area contributed by atoms with Gasteiger partial charge in [-0.05, 0) is 30.3 Å². The van der Waals surface area contributed by atoms with Crippen molar-refractivity contribution in [1.82, 2.24) is 9.88 Å². The molecule has 1 N–H and O–H groups in total. The van der Waals surface area contributed by atoms with Gasteiger partial charge in [-0.15, -0.1) is 11.3 Å². The lowest BCUT2D eigenvalue weighted by Gasteiger charge is -2.34. The lowest BCUT2D eigenvalue weighted by atomic mass is 10.2. The summed E-state index contributed by atoms with van der Waals surface area (Å²) < 4.78 is 0. The number of hydrogen-bond acceptors (Lipinski definition) is 5. The van der Waals surface area contributed by atoms with Crippen LogP contribution in [0.4, 0.5) is 10.8 Å². The summed E-state index contributed by atoms with van der Waals surface area (Å²) in [7, 11) is 0. The molecule has 1 aliphatic heterocycles. The standard InChI is InChI=1S/C21H19Cl3N4OS/c22-15-3-1-14(2-4-15)19-13-30-21(26-19)28-9-7-27(8-10-28)12-20(29)25-18-11-16(23)5-6-17(18)24/h1-6,11,13H,7-10,12H2,(H,25,29). The lowest BCUT2D eigenvalue weighted by molar-refractivity contribution is -0.117. The molecule has 2 heterocycles. The summed E-state index contributed by atoms with van der Waals surface area (Å²) in [5.41, 5.74) is 2.54. The number of rotatable bonds is 5. The van der Waals surface area contributed by atoms with Crippen molar-refractivity contribution in [1.29, 1.82) is 0 Å². The number of carbonyl (C=O) groups is 1. The highest BCUT2D eigenvalue weighted by Gasteiger charge is 2.21. The van der Waals surface area contributed by atoms with Crippen molar-refractivity contribution in [2.75, 3.05) is 42.9 Å². The maximum atomic E-state index is 12.4. The fraction of sp³-hybridized carbons (Fsp3) is 0.238. The van der Waals surface area contributed by atoms with Crippen LogP contribution in [0.1, 0.15) is 0 Å². The van der Waals surface area contributed by atoms with Gasteiger partial charge < -0.3 is 10.2 Å². The summed E-state index contributed by atoms with van der Waals surface area (Å²) in [6.45, 7) is 3.52. The van der Waals surface area contributed by atoms with Gasteiger partial charge >= 0.3 is 0 Å². The minimum Gasteiger partial charge on any atom is -0.346 e.